The highest BCUT2D eigenvalue weighted by Crippen LogP contribution is 2.41. The van der Waals surface area contributed by atoms with Crippen molar-refractivity contribution in [3.8, 4) is 11.5 Å². The normalized spacial score (nSPS) is 17.4. The molecule has 5 amide bonds. The monoisotopic (exact) mass is 692 g/mol. The Balaban J connectivity index is 1.52. The largest absolute Gasteiger partial charge is 0.504 e. The number of carboxylic acid groups (broad SMARTS) is 1. The van der Waals surface area contributed by atoms with Gasteiger partial charge in [-0.2, -0.15) is 5.01 Å². The van der Waals surface area contributed by atoms with Gasteiger partial charge < -0.3 is 36.4 Å². The molecule has 1 aromatic heterocycles. The van der Waals surface area contributed by atoms with Gasteiger partial charge in [-0.1, -0.05) is 5.16 Å². The molecule has 2 aliphatic rings. The van der Waals surface area contributed by atoms with E-state index in [-0.39, 0.29) is 22.1 Å². The number of amides is 5. The summed E-state index contributed by atoms with van der Waals surface area (Å²) in [6.45, 7) is 1.94. The second-order valence-electron chi connectivity index (χ2n) is 10.3. The number of oxime groups is 1. The Morgan fingerprint density at radius 2 is 1.91 bits per heavy atom. The van der Waals surface area contributed by atoms with E-state index in [4.69, 9.17) is 21.0 Å². The number of anilines is 1. The molecule has 4 rings (SSSR count). The van der Waals surface area contributed by atoms with E-state index >= 15 is 0 Å². The van der Waals surface area contributed by atoms with Crippen LogP contribution in [0.4, 0.5) is 9.93 Å². The highest BCUT2D eigenvalue weighted by molar-refractivity contribution is 8.00. The zero-order valence-electron chi connectivity index (χ0n) is 24.8. The van der Waals surface area contributed by atoms with Crippen LogP contribution in [-0.4, -0.2) is 107 Å². The second kappa shape index (κ2) is 13.4. The van der Waals surface area contributed by atoms with Gasteiger partial charge in [-0.3, -0.25) is 24.1 Å². The van der Waals surface area contributed by atoms with Crippen LogP contribution in [-0.2, 0) is 28.8 Å². The van der Waals surface area contributed by atoms with Crippen molar-refractivity contribution in [2.24, 2.45) is 16.8 Å². The number of nitrogen functional groups attached to an aromatic ring is 1. The molecule has 0 aliphatic carbocycles. The van der Waals surface area contributed by atoms with E-state index in [1.54, 1.807) is 0 Å². The summed E-state index contributed by atoms with van der Waals surface area (Å²) in [7, 11) is 1.04. The number of rotatable bonds is 9. The number of aromatic nitrogens is 1. The number of hydrogen-bond acceptors (Lipinski definition) is 15. The van der Waals surface area contributed by atoms with Gasteiger partial charge in [-0.15, -0.1) is 28.2 Å². The summed E-state index contributed by atoms with van der Waals surface area (Å²) >= 11 is 2.26. The van der Waals surface area contributed by atoms with Crippen molar-refractivity contribution in [2.45, 2.75) is 24.8 Å². The van der Waals surface area contributed by atoms with Crippen LogP contribution in [0.2, 0.25) is 0 Å². The molecule has 1 saturated heterocycles. The van der Waals surface area contributed by atoms with E-state index in [9.17, 15) is 44.1 Å². The number of primary amides is 1. The van der Waals surface area contributed by atoms with Gasteiger partial charge >= 0.3 is 12.1 Å². The van der Waals surface area contributed by atoms with E-state index in [1.807, 2.05) is 0 Å². The molecule has 2 aliphatic heterocycles. The van der Waals surface area contributed by atoms with Gasteiger partial charge in [0.2, 0.25) is 11.5 Å². The third-order valence-corrected chi connectivity index (χ3v) is 8.57. The van der Waals surface area contributed by atoms with Crippen molar-refractivity contribution in [1.29, 1.82) is 0 Å². The summed E-state index contributed by atoms with van der Waals surface area (Å²) < 4.78 is 5.26. The van der Waals surface area contributed by atoms with Crippen LogP contribution in [0.3, 0.4) is 0 Å². The first-order chi connectivity index (χ1) is 22.0. The first kappa shape index (κ1) is 34.3. The SMILES string of the molecule is CN(C(=O)OCC1C(=O)N2C(C(=O)O)=CCS[C@@H]12)N(NC(=O)C(C)(C)ON=C(C(N)=O)c1csc(N)n1)C(=O)c1ccc(O)c(O)c1. The van der Waals surface area contributed by atoms with E-state index in [2.05, 4.69) is 15.6 Å². The molecule has 0 radical (unpaired) electrons. The number of hydrogen-bond donors (Lipinski definition) is 6. The minimum Gasteiger partial charge on any atom is -0.504 e. The highest BCUT2D eigenvalue weighted by atomic mass is 32.2. The second-order valence-corrected chi connectivity index (χ2v) is 12.3. The number of carbonyl (C=O) groups is 6. The fourth-order valence-corrected chi connectivity index (χ4v) is 5.85. The number of thiazole rings is 1. The molecule has 19 nitrogen and oxygen atoms in total. The molecule has 0 saturated carbocycles. The van der Waals surface area contributed by atoms with Gasteiger partial charge in [0.15, 0.2) is 22.3 Å². The van der Waals surface area contributed by atoms with Crippen molar-refractivity contribution < 1.29 is 53.7 Å². The number of aromatic hydroxyl groups is 2. The number of phenols is 2. The van der Waals surface area contributed by atoms with Gasteiger partial charge in [0, 0.05) is 23.7 Å². The number of carboxylic acids is 1. The molecule has 0 bridgehead atoms. The van der Waals surface area contributed by atoms with Gasteiger partial charge in [0.05, 0.1) is 5.37 Å². The minimum absolute atomic E-state index is 0.0162. The standard InChI is InChI=1S/C26H28N8O11S2/c1-26(2,45-31-17(18(27)37)13-10-47-24(28)29-13)23(42)30-34(19(38)11-4-5-15(35)16(36)8-11)32(3)25(43)44-9-12-20(39)33-14(22(40)41)6-7-46-21(12)33/h4-6,8,10,12,21,35-36H,7,9H2,1-3H3,(H2,27,37)(H2,28,29)(H,30,42)(H,40,41)/t12?,21-/m0/s1. The number of benzene rings is 1. The Morgan fingerprint density at radius 1 is 1.21 bits per heavy atom. The van der Waals surface area contributed by atoms with Gasteiger partial charge in [0.1, 0.15) is 23.9 Å². The molecule has 21 heteroatoms. The lowest BCUT2D eigenvalue weighted by Crippen LogP contribution is -2.63. The Morgan fingerprint density at radius 3 is 2.51 bits per heavy atom. The molecule has 1 fully saturated rings. The van der Waals surface area contributed by atoms with Crippen LogP contribution in [0, 0.1) is 5.92 Å². The predicted molar refractivity (Wildman–Crippen MR) is 163 cm³/mol. The molecular weight excluding hydrogens is 664 g/mol. The molecular formula is C26H28N8O11S2. The van der Waals surface area contributed by atoms with E-state index in [1.165, 1.54) is 37.1 Å². The summed E-state index contributed by atoms with van der Waals surface area (Å²) in [5.41, 5.74) is 10.2. The Hall–Kier alpha value is -5.57. The third-order valence-electron chi connectivity index (χ3n) is 6.66. The van der Waals surface area contributed by atoms with Crippen molar-refractivity contribution in [3.63, 3.8) is 0 Å². The summed E-state index contributed by atoms with van der Waals surface area (Å²) in [5.74, 6) is -6.90. The van der Waals surface area contributed by atoms with E-state index in [0.717, 1.165) is 41.5 Å². The molecule has 3 heterocycles. The smallest absolute Gasteiger partial charge is 0.430 e. The van der Waals surface area contributed by atoms with Crippen LogP contribution >= 0.6 is 23.1 Å². The lowest BCUT2D eigenvalue weighted by atomic mass is 9.97. The molecule has 1 unspecified atom stereocenters. The number of thioether (sulfide) groups is 1. The number of nitrogens with zero attached hydrogens (tertiary/aromatic N) is 5. The first-order valence-corrected chi connectivity index (χ1v) is 15.2. The number of β-lactam (4-membered cyclic amide) rings is 1. The predicted octanol–water partition coefficient (Wildman–Crippen LogP) is -0.222. The van der Waals surface area contributed by atoms with Crippen molar-refractivity contribution in [1.82, 2.24) is 25.4 Å². The summed E-state index contributed by atoms with van der Waals surface area (Å²) in [6, 6.07) is 2.96. The molecule has 250 valence electrons. The maximum atomic E-state index is 13.5. The highest BCUT2D eigenvalue weighted by Gasteiger charge is 2.52. The van der Waals surface area contributed by atoms with Gasteiger partial charge in [-0.05, 0) is 38.1 Å². The molecule has 47 heavy (non-hydrogen) atoms. The average Bonchev–Trinajstić information content (AvgIpc) is 3.44. The quantitative estimate of drug-likeness (QED) is 0.0858. The first-order valence-electron chi connectivity index (χ1n) is 13.3. The summed E-state index contributed by atoms with van der Waals surface area (Å²) in [5, 5.41) is 34.5. The summed E-state index contributed by atoms with van der Waals surface area (Å²) in [4.78, 5) is 86.3. The molecule has 2 atom stereocenters. The van der Waals surface area contributed by atoms with Crippen LogP contribution in [0.1, 0.15) is 29.9 Å². The van der Waals surface area contributed by atoms with Crippen LogP contribution < -0.4 is 16.9 Å². The van der Waals surface area contributed by atoms with Gasteiger partial charge in [-0.25, -0.2) is 20.0 Å². The average molecular weight is 693 g/mol. The fourth-order valence-electron chi connectivity index (χ4n) is 4.06. The lowest BCUT2D eigenvalue weighted by molar-refractivity contribution is -0.155. The van der Waals surface area contributed by atoms with E-state index in [0.29, 0.717) is 15.9 Å². The number of ether oxygens (including phenoxy) is 1. The fraction of sp³-hybridized carbons (Fsp3) is 0.308. The topological polar surface area (TPSA) is 281 Å². The van der Waals surface area contributed by atoms with Crippen LogP contribution in [0.25, 0.3) is 0 Å². The number of aliphatic carboxylic acids is 1. The van der Waals surface area contributed by atoms with Crippen LogP contribution in [0.5, 0.6) is 11.5 Å². The van der Waals surface area contributed by atoms with Crippen molar-refractivity contribution >= 4 is 69.6 Å². The Labute approximate surface area is 273 Å². The van der Waals surface area contributed by atoms with Crippen molar-refractivity contribution in [3.05, 3.63) is 46.6 Å². The minimum atomic E-state index is -1.95. The van der Waals surface area contributed by atoms with Crippen LogP contribution in [0.15, 0.2) is 40.5 Å². The molecule has 0 spiro atoms. The zero-order valence-corrected chi connectivity index (χ0v) is 26.4. The molecule has 8 N–H and O–H groups in total. The molecule has 2 aromatic rings. The third kappa shape index (κ3) is 7.14. The lowest BCUT2D eigenvalue weighted by Gasteiger charge is -2.48. The number of nitrogens with one attached hydrogen (secondary N) is 1. The number of phenolic OH excluding ortho intramolecular Hbond substituents is 2. The number of carbonyl (C=O) groups excluding carboxylic acids is 5. The molecule has 1 aromatic carbocycles. The Bertz CT molecular complexity index is 1710. The maximum Gasteiger partial charge on any atom is 0.430 e. The van der Waals surface area contributed by atoms with Crippen molar-refractivity contribution in [2.75, 3.05) is 25.1 Å². The van der Waals surface area contributed by atoms with Gasteiger partial charge in [0.25, 0.3) is 17.7 Å². The maximum absolute atomic E-state index is 13.5. The summed E-state index contributed by atoms with van der Waals surface area (Å²) in [6.07, 6.45) is 0.168. The number of nitrogens with two attached hydrogens (primary N) is 2. The number of fused-ring (bicyclic) bond motifs is 1. The van der Waals surface area contributed by atoms with E-state index < -0.39 is 76.4 Å². The number of hydrazine groups is 2. The zero-order chi connectivity index (χ0) is 34.8. The Kier molecular flexibility index (Phi) is 9.80.